The molecule has 0 spiro atoms. The lowest BCUT2D eigenvalue weighted by Crippen LogP contribution is -2.36. The summed E-state index contributed by atoms with van der Waals surface area (Å²) in [6.45, 7) is 4.63. The number of aryl methyl sites for hydroxylation is 1. The molecule has 23 heavy (non-hydrogen) atoms. The largest absolute Gasteiger partial charge is 0.481 e. The minimum atomic E-state index is 0.553. The monoisotopic (exact) mass is 314 g/mol. The van der Waals surface area contributed by atoms with Gasteiger partial charge in [-0.1, -0.05) is 6.07 Å². The van der Waals surface area contributed by atoms with E-state index >= 15 is 0 Å². The fraction of sp³-hybridized carbons (Fsp3) is 0.471. The minimum absolute atomic E-state index is 0.553. The van der Waals surface area contributed by atoms with Crippen molar-refractivity contribution in [2.24, 2.45) is 5.92 Å². The van der Waals surface area contributed by atoms with Crippen molar-refractivity contribution in [1.82, 2.24) is 15.0 Å². The highest BCUT2D eigenvalue weighted by atomic mass is 16.5. The number of hydrogen-bond acceptors (Lipinski definition) is 6. The van der Waals surface area contributed by atoms with Gasteiger partial charge in [-0.25, -0.2) is 15.0 Å². The van der Waals surface area contributed by atoms with Crippen molar-refractivity contribution in [2.75, 3.05) is 31.7 Å². The summed E-state index contributed by atoms with van der Waals surface area (Å²) in [5, 5.41) is 0. The first-order valence-electron chi connectivity index (χ1n) is 7.92. The SMILES string of the molecule is COc1cc(N2CCC(COc3cccc(C)n3)CC2)ncn1. The lowest BCUT2D eigenvalue weighted by atomic mass is 9.98. The molecular weight excluding hydrogens is 292 g/mol. The summed E-state index contributed by atoms with van der Waals surface area (Å²) in [5.74, 6) is 2.80. The standard InChI is InChI=1S/C17H22N4O2/c1-13-4-3-5-16(20-13)23-11-14-6-8-21(9-7-14)15-10-17(22-2)19-12-18-15/h3-5,10,12,14H,6-9,11H2,1-2H3. The van der Waals surface area contributed by atoms with Gasteiger partial charge in [-0.2, -0.15) is 0 Å². The van der Waals surface area contributed by atoms with Crippen LogP contribution in [-0.2, 0) is 0 Å². The number of anilines is 1. The highest BCUT2D eigenvalue weighted by molar-refractivity contribution is 5.41. The second-order valence-electron chi connectivity index (χ2n) is 5.78. The van der Waals surface area contributed by atoms with Crippen molar-refractivity contribution in [1.29, 1.82) is 0 Å². The van der Waals surface area contributed by atoms with Crippen LogP contribution in [0.1, 0.15) is 18.5 Å². The van der Waals surface area contributed by atoms with E-state index in [0.717, 1.165) is 44.0 Å². The summed E-state index contributed by atoms with van der Waals surface area (Å²) in [5.41, 5.74) is 0.982. The van der Waals surface area contributed by atoms with Crippen molar-refractivity contribution in [2.45, 2.75) is 19.8 Å². The predicted molar refractivity (Wildman–Crippen MR) is 88.0 cm³/mol. The topological polar surface area (TPSA) is 60.4 Å². The summed E-state index contributed by atoms with van der Waals surface area (Å²) in [4.78, 5) is 15.0. The lowest BCUT2D eigenvalue weighted by molar-refractivity contribution is 0.215. The average Bonchev–Trinajstić information content (AvgIpc) is 2.60. The zero-order valence-electron chi connectivity index (χ0n) is 13.6. The fourth-order valence-corrected chi connectivity index (χ4v) is 2.74. The van der Waals surface area contributed by atoms with Crippen molar-refractivity contribution in [3.05, 3.63) is 36.3 Å². The van der Waals surface area contributed by atoms with Crippen LogP contribution in [0.15, 0.2) is 30.6 Å². The maximum atomic E-state index is 5.83. The van der Waals surface area contributed by atoms with Gasteiger partial charge in [0.2, 0.25) is 11.8 Å². The van der Waals surface area contributed by atoms with E-state index in [4.69, 9.17) is 9.47 Å². The molecule has 6 heteroatoms. The molecule has 0 amide bonds. The van der Waals surface area contributed by atoms with Crippen molar-refractivity contribution in [3.8, 4) is 11.8 Å². The van der Waals surface area contributed by atoms with Gasteiger partial charge in [-0.3, -0.25) is 0 Å². The Kier molecular flexibility index (Phi) is 4.90. The first-order valence-corrected chi connectivity index (χ1v) is 7.92. The third-order valence-corrected chi connectivity index (χ3v) is 4.10. The van der Waals surface area contributed by atoms with Crippen LogP contribution in [0.3, 0.4) is 0 Å². The van der Waals surface area contributed by atoms with E-state index in [1.54, 1.807) is 13.4 Å². The van der Waals surface area contributed by atoms with Crippen LogP contribution in [0.2, 0.25) is 0 Å². The molecule has 0 saturated carbocycles. The fourth-order valence-electron chi connectivity index (χ4n) is 2.74. The van der Waals surface area contributed by atoms with Crippen LogP contribution in [0.4, 0.5) is 5.82 Å². The van der Waals surface area contributed by atoms with Crippen LogP contribution >= 0.6 is 0 Å². The minimum Gasteiger partial charge on any atom is -0.481 e. The lowest BCUT2D eigenvalue weighted by Gasteiger charge is -2.32. The molecule has 1 aliphatic heterocycles. The van der Waals surface area contributed by atoms with Gasteiger partial charge in [0.1, 0.15) is 12.1 Å². The Morgan fingerprint density at radius 3 is 2.74 bits per heavy atom. The van der Waals surface area contributed by atoms with E-state index in [9.17, 15) is 0 Å². The van der Waals surface area contributed by atoms with Gasteiger partial charge in [0.05, 0.1) is 13.7 Å². The molecule has 1 fully saturated rings. The average molecular weight is 314 g/mol. The molecule has 122 valence electrons. The van der Waals surface area contributed by atoms with Gasteiger partial charge in [-0.15, -0.1) is 0 Å². The third kappa shape index (κ3) is 4.09. The molecule has 0 N–H and O–H groups in total. The Labute approximate surface area is 136 Å². The van der Waals surface area contributed by atoms with Crippen LogP contribution in [0.5, 0.6) is 11.8 Å². The Hall–Kier alpha value is -2.37. The quantitative estimate of drug-likeness (QED) is 0.845. The molecule has 0 bridgehead atoms. The molecule has 0 aliphatic carbocycles. The number of rotatable bonds is 5. The highest BCUT2D eigenvalue weighted by Gasteiger charge is 2.21. The molecule has 0 atom stereocenters. The first-order chi connectivity index (χ1) is 11.2. The van der Waals surface area contributed by atoms with Crippen LogP contribution in [0, 0.1) is 12.8 Å². The van der Waals surface area contributed by atoms with Gasteiger partial charge in [0.15, 0.2) is 0 Å². The normalized spacial score (nSPS) is 15.5. The van der Waals surface area contributed by atoms with Crippen LogP contribution < -0.4 is 14.4 Å². The van der Waals surface area contributed by atoms with Gasteiger partial charge in [0, 0.05) is 30.9 Å². The molecule has 2 aromatic heterocycles. The number of hydrogen-bond donors (Lipinski definition) is 0. The summed E-state index contributed by atoms with van der Waals surface area (Å²) in [6.07, 6.45) is 3.71. The zero-order chi connectivity index (χ0) is 16.1. The molecule has 3 heterocycles. The van der Waals surface area contributed by atoms with Gasteiger partial charge in [0.25, 0.3) is 0 Å². The van der Waals surface area contributed by atoms with E-state index in [-0.39, 0.29) is 0 Å². The molecule has 3 rings (SSSR count). The van der Waals surface area contributed by atoms with Crippen molar-refractivity contribution < 1.29 is 9.47 Å². The maximum Gasteiger partial charge on any atom is 0.218 e. The van der Waals surface area contributed by atoms with Gasteiger partial charge < -0.3 is 14.4 Å². The number of ether oxygens (including phenoxy) is 2. The summed E-state index contributed by atoms with van der Waals surface area (Å²) in [6, 6.07) is 7.74. The molecule has 0 radical (unpaired) electrons. The Bertz CT molecular complexity index is 642. The van der Waals surface area contributed by atoms with E-state index in [0.29, 0.717) is 17.7 Å². The maximum absolute atomic E-state index is 5.83. The Morgan fingerprint density at radius 1 is 1.17 bits per heavy atom. The predicted octanol–water partition coefficient (Wildman–Crippen LogP) is 2.48. The molecule has 0 unspecified atom stereocenters. The third-order valence-electron chi connectivity index (χ3n) is 4.10. The molecule has 1 saturated heterocycles. The summed E-state index contributed by atoms with van der Waals surface area (Å²) < 4.78 is 11.0. The number of nitrogens with zero attached hydrogens (tertiary/aromatic N) is 4. The summed E-state index contributed by atoms with van der Waals surface area (Å²) >= 11 is 0. The smallest absolute Gasteiger partial charge is 0.218 e. The van der Waals surface area contributed by atoms with Crippen molar-refractivity contribution >= 4 is 5.82 Å². The van der Waals surface area contributed by atoms with E-state index in [1.807, 2.05) is 31.2 Å². The molecule has 0 aromatic carbocycles. The van der Waals surface area contributed by atoms with Crippen LogP contribution in [0.25, 0.3) is 0 Å². The van der Waals surface area contributed by atoms with Crippen molar-refractivity contribution in [3.63, 3.8) is 0 Å². The number of pyridine rings is 1. The first kappa shape index (κ1) is 15.5. The summed E-state index contributed by atoms with van der Waals surface area (Å²) in [7, 11) is 1.62. The number of methoxy groups -OCH3 is 1. The van der Waals surface area contributed by atoms with E-state index in [1.165, 1.54) is 0 Å². The van der Waals surface area contributed by atoms with Gasteiger partial charge >= 0.3 is 0 Å². The highest BCUT2D eigenvalue weighted by Crippen LogP contribution is 2.24. The Morgan fingerprint density at radius 2 is 2.00 bits per heavy atom. The second-order valence-corrected chi connectivity index (χ2v) is 5.78. The second kappa shape index (κ2) is 7.26. The van der Waals surface area contributed by atoms with Gasteiger partial charge in [-0.05, 0) is 31.7 Å². The van der Waals surface area contributed by atoms with E-state index in [2.05, 4.69) is 19.9 Å². The number of aromatic nitrogens is 3. The molecule has 1 aliphatic rings. The zero-order valence-corrected chi connectivity index (χ0v) is 13.6. The Balaban J connectivity index is 1.50. The molecule has 6 nitrogen and oxygen atoms in total. The van der Waals surface area contributed by atoms with E-state index < -0.39 is 0 Å². The van der Waals surface area contributed by atoms with Crippen LogP contribution in [-0.4, -0.2) is 41.8 Å². The number of piperidine rings is 1. The molecule has 2 aromatic rings. The molecular formula is C17H22N4O2.